The summed E-state index contributed by atoms with van der Waals surface area (Å²) in [5, 5.41) is 4.74. The number of hydrazone groups is 1. The molecule has 1 aliphatic rings. The summed E-state index contributed by atoms with van der Waals surface area (Å²) in [6.45, 7) is 2.20. The van der Waals surface area contributed by atoms with Crippen molar-refractivity contribution in [1.82, 2.24) is 5.43 Å². The van der Waals surface area contributed by atoms with Crippen LogP contribution < -0.4 is 5.43 Å². The number of unbranched alkanes of at least 4 members (excludes halogenated alkanes) is 2. The highest BCUT2D eigenvalue weighted by molar-refractivity contribution is 6.33. The Balaban J connectivity index is 1.96. The standard InChI is InChI=1S/C17H21ClN2O/c1-2-3-4-8-13-9-7-12-16(13)19-20-17(21)14-10-5-6-11-15(14)18/h5-6,9-11H,2-4,7-8,12H2,1H3,(H,20,21)/b19-16-. The summed E-state index contributed by atoms with van der Waals surface area (Å²) in [7, 11) is 0. The monoisotopic (exact) mass is 304 g/mol. The minimum absolute atomic E-state index is 0.257. The molecule has 0 radical (unpaired) electrons. The van der Waals surface area contributed by atoms with E-state index >= 15 is 0 Å². The lowest BCUT2D eigenvalue weighted by Crippen LogP contribution is -2.20. The van der Waals surface area contributed by atoms with Crippen molar-refractivity contribution in [2.75, 3.05) is 0 Å². The lowest BCUT2D eigenvalue weighted by Gasteiger charge is -2.06. The average Bonchev–Trinajstić information content (AvgIpc) is 2.93. The number of hydrogen-bond donors (Lipinski definition) is 1. The molecule has 0 bridgehead atoms. The highest BCUT2D eigenvalue weighted by Crippen LogP contribution is 2.21. The molecule has 0 atom stereocenters. The van der Waals surface area contributed by atoms with Crippen LogP contribution in [0.1, 0.15) is 55.8 Å². The van der Waals surface area contributed by atoms with Gasteiger partial charge < -0.3 is 0 Å². The lowest BCUT2D eigenvalue weighted by molar-refractivity contribution is 0.0955. The molecule has 3 nitrogen and oxygen atoms in total. The first-order valence-electron chi connectivity index (χ1n) is 7.53. The van der Waals surface area contributed by atoms with E-state index in [1.54, 1.807) is 24.3 Å². The van der Waals surface area contributed by atoms with Crippen LogP contribution >= 0.6 is 11.6 Å². The largest absolute Gasteiger partial charge is 0.272 e. The first-order valence-corrected chi connectivity index (χ1v) is 7.91. The zero-order valence-corrected chi connectivity index (χ0v) is 13.1. The van der Waals surface area contributed by atoms with Gasteiger partial charge in [0.25, 0.3) is 5.91 Å². The molecule has 0 spiro atoms. The summed E-state index contributed by atoms with van der Waals surface area (Å²) in [4.78, 5) is 12.1. The Hall–Kier alpha value is -1.61. The second-order valence-corrected chi connectivity index (χ2v) is 5.61. The fourth-order valence-corrected chi connectivity index (χ4v) is 2.65. The molecule has 0 heterocycles. The van der Waals surface area contributed by atoms with Crippen molar-refractivity contribution < 1.29 is 4.79 Å². The zero-order chi connectivity index (χ0) is 15.1. The van der Waals surface area contributed by atoms with Crippen LogP contribution in [0.25, 0.3) is 0 Å². The molecular weight excluding hydrogens is 284 g/mol. The van der Waals surface area contributed by atoms with Crippen LogP contribution in [0, 0.1) is 0 Å². The molecule has 4 heteroatoms. The van der Waals surface area contributed by atoms with Crippen molar-refractivity contribution in [3.8, 4) is 0 Å². The molecule has 1 amide bonds. The molecular formula is C17H21ClN2O. The van der Waals surface area contributed by atoms with E-state index in [0.717, 1.165) is 25.0 Å². The van der Waals surface area contributed by atoms with Gasteiger partial charge in [0, 0.05) is 0 Å². The topological polar surface area (TPSA) is 41.5 Å². The van der Waals surface area contributed by atoms with E-state index in [4.69, 9.17) is 11.6 Å². The molecule has 1 aromatic carbocycles. The minimum Gasteiger partial charge on any atom is -0.267 e. The summed E-state index contributed by atoms with van der Waals surface area (Å²) in [5.74, 6) is -0.257. The molecule has 0 aliphatic heterocycles. The van der Waals surface area contributed by atoms with Gasteiger partial charge in [0.15, 0.2) is 0 Å². The number of hydrogen-bond acceptors (Lipinski definition) is 2. The molecule has 0 fully saturated rings. The van der Waals surface area contributed by atoms with Gasteiger partial charge in [-0.3, -0.25) is 4.79 Å². The summed E-state index contributed by atoms with van der Waals surface area (Å²) < 4.78 is 0. The van der Waals surface area contributed by atoms with E-state index in [1.807, 2.05) is 0 Å². The Morgan fingerprint density at radius 1 is 1.33 bits per heavy atom. The van der Waals surface area contributed by atoms with Crippen LogP contribution in [-0.4, -0.2) is 11.6 Å². The molecule has 1 N–H and O–H groups in total. The number of nitrogens with one attached hydrogen (secondary N) is 1. The Labute approximate surface area is 131 Å². The smallest absolute Gasteiger partial charge is 0.267 e. The predicted molar refractivity (Wildman–Crippen MR) is 87.8 cm³/mol. The number of allylic oxidation sites excluding steroid dienone is 2. The Kier molecular flexibility index (Phi) is 6.00. The SMILES string of the molecule is CCCCCC1=CCC/C1=N/NC(=O)c1ccccc1Cl. The van der Waals surface area contributed by atoms with Crippen LogP contribution in [-0.2, 0) is 0 Å². The number of rotatable bonds is 6. The first kappa shape index (κ1) is 15.8. The van der Waals surface area contributed by atoms with Gasteiger partial charge in [-0.15, -0.1) is 0 Å². The van der Waals surface area contributed by atoms with Crippen molar-refractivity contribution in [2.45, 2.75) is 45.4 Å². The van der Waals surface area contributed by atoms with E-state index in [1.165, 1.54) is 24.8 Å². The maximum atomic E-state index is 12.1. The fraction of sp³-hybridized carbons (Fsp3) is 0.412. The highest BCUT2D eigenvalue weighted by Gasteiger charge is 2.14. The van der Waals surface area contributed by atoms with Gasteiger partial charge in [0.1, 0.15) is 0 Å². The lowest BCUT2D eigenvalue weighted by atomic mass is 10.1. The average molecular weight is 305 g/mol. The van der Waals surface area contributed by atoms with Gasteiger partial charge in [-0.2, -0.15) is 5.10 Å². The molecule has 0 saturated heterocycles. The van der Waals surface area contributed by atoms with E-state index in [2.05, 4.69) is 23.5 Å². The van der Waals surface area contributed by atoms with Crippen LogP contribution in [0.3, 0.4) is 0 Å². The number of nitrogens with zero attached hydrogens (tertiary/aromatic N) is 1. The Morgan fingerprint density at radius 2 is 2.14 bits per heavy atom. The van der Waals surface area contributed by atoms with Crippen LogP contribution in [0.15, 0.2) is 41.0 Å². The van der Waals surface area contributed by atoms with Crippen LogP contribution in [0.2, 0.25) is 5.02 Å². The summed E-state index contributed by atoms with van der Waals surface area (Å²) >= 11 is 6.01. The quantitative estimate of drug-likeness (QED) is 0.599. The summed E-state index contributed by atoms with van der Waals surface area (Å²) in [6.07, 6.45) is 8.83. The zero-order valence-electron chi connectivity index (χ0n) is 12.4. The maximum absolute atomic E-state index is 12.1. The van der Waals surface area contributed by atoms with E-state index < -0.39 is 0 Å². The van der Waals surface area contributed by atoms with E-state index in [-0.39, 0.29) is 5.91 Å². The van der Waals surface area contributed by atoms with E-state index in [0.29, 0.717) is 10.6 Å². The molecule has 112 valence electrons. The van der Waals surface area contributed by atoms with E-state index in [9.17, 15) is 4.79 Å². The number of halogens is 1. The fourth-order valence-electron chi connectivity index (χ4n) is 2.42. The molecule has 2 rings (SSSR count). The third-order valence-electron chi connectivity index (χ3n) is 3.60. The second kappa shape index (κ2) is 7.99. The van der Waals surface area contributed by atoms with Crippen molar-refractivity contribution >= 4 is 23.2 Å². The molecule has 21 heavy (non-hydrogen) atoms. The van der Waals surface area contributed by atoms with Crippen LogP contribution in [0.5, 0.6) is 0 Å². The van der Waals surface area contributed by atoms with Gasteiger partial charge >= 0.3 is 0 Å². The third kappa shape index (κ3) is 4.43. The first-order chi connectivity index (χ1) is 10.2. The second-order valence-electron chi connectivity index (χ2n) is 5.20. The maximum Gasteiger partial charge on any atom is 0.272 e. The molecule has 1 aromatic rings. The summed E-state index contributed by atoms with van der Waals surface area (Å²) in [5.41, 5.74) is 5.37. The normalized spacial score (nSPS) is 16.1. The highest BCUT2D eigenvalue weighted by atomic mass is 35.5. The molecule has 0 aromatic heterocycles. The third-order valence-corrected chi connectivity index (χ3v) is 3.93. The van der Waals surface area contributed by atoms with Crippen molar-refractivity contribution in [3.63, 3.8) is 0 Å². The number of benzene rings is 1. The predicted octanol–water partition coefficient (Wildman–Crippen LogP) is 4.73. The van der Waals surface area contributed by atoms with Crippen molar-refractivity contribution in [1.29, 1.82) is 0 Å². The van der Waals surface area contributed by atoms with Gasteiger partial charge in [-0.05, 0) is 43.4 Å². The van der Waals surface area contributed by atoms with Crippen molar-refractivity contribution in [2.24, 2.45) is 5.10 Å². The molecule has 1 aliphatic carbocycles. The van der Waals surface area contributed by atoms with Crippen LogP contribution in [0.4, 0.5) is 0 Å². The van der Waals surface area contributed by atoms with Gasteiger partial charge in [-0.25, -0.2) is 5.43 Å². The van der Waals surface area contributed by atoms with Gasteiger partial charge in [-0.1, -0.05) is 49.6 Å². The minimum atomic E-state index is -0.257. The molecule has 0 saturated carbocycles. The number of amides is 1. The van der Waals surface area contributed by atoms with Gasteiger partial charge in [0.2, 0.25) is 0 Å². The molecule has 0 unspecified atom stereocenters. The van der Waals surface area contributed by atoms with Gasteiger partial charge in [0.05, 0.1) is 16.3 Å². The summed E-state index contributed by atoms with van der Waals surface area (Å²) in [6, 6.07) is 7.00. The van der Waals surface area contributed by atoms with Crippen molar-refractivity contribution in [3.05, 3.63) is 46.5 Å². The number of carbonyl (C=O) groups excluding carboxylic acids is 1. The Morgan fingerprint density at radius 3 is 2.90 bits per heavy atom. The Bertz CT molecular complexity index is 564. The number of carbonyl (C=O) groups is 1.